The number of amides is 2. The Kier molecular flexibility index (Phi) is 4.00. The van der Waals surface area contributed by atoms with Crippen LogP contribution in [-0.4, -0.2) is 73.8 Å². The SMILES string of the molecule is CN1CC2(CCN(C(=O)c3cc4c(s3)CCOC43CCNCC3)C2)OC1=O. The molecule has 0 saturated carbocycles. The summed E-state index contributed by atoms with van der Waals surface area (Å²) < 4.78 is 11.8. The molecular formula is C19H25N3O4S. The number of thiophene rings is 1. The fourth-order valence-electron chi connectivity index (χ4n) is 4.95. The topological polar surface area (TPSA) is 71.1 Å². The van der Waals surface area contributed by atoms with Gasteiger partial charge in [-0.1, -0.05) is 0 Å². The van der Waals surface area contributed by atoms with Crippen LogP contribution in [0.2, 0.25) is 0 Å². The maximum Gasteiger partial charge on any atom is 0.410 e. The molecule has 4 aliphatic rings. The first-order chi connectivity index (χ1) is 13.0. The maximum absolute atomic E-state index is 13.2. The molecule has 1 aromatic rings. The van der Waals surface area contributed by atoms with Gasteiger partial charge in [0.2, 0.25) is 0 Å². The second kappa shape index (κ2) is 6.18. The Morgan fingerprint density at radius 1 is 1.26 bits per heavy atom. The molecule has 0 radical (unpaired) electrons. The quantitative estimate of drug-likeness (QED) is 0.787. The van der Waals surface area contributed by atoms with Crippen LogP contribution in [0.3, 0.4) is 0 Å². The number of nitrogens with zero attached hydrogens (tertiary/aromatic N) is 2. The van der Waals surface area contributed by atoms with E-state index in [0.717, 1.165) is 43.8 Å². The van der Waals surface area contributed by atoms with Crippen molar-refractivity contribution in [2.45, 2.75) is 36.9 Å². The number of nitrogens with one attached hydrogen (secondary N) is 1. The highest BCUT2D eigenvalue weighted by atomic mass is 32.1. The smallest absolute Gasteiger partial charge is 0.410 e. The van der Waals surface area contributed by atoms with Gasteiger partial charge in [0, 0.05) is 31.3 Å². The predicted molar refractivity (Wildman–Crippen MR) is 100 cm³/mol. The molecule has 3 saturated heterocycles. The minimum atomic E-state index is -0.530. The monoisotopic (exact) mass is 391 g/mol. The molecular weight excluding hydrogens is 366 g/mol. The molecule has 146 valence electrons. The third kappa shape index (κ3) is 2.77. The van der Waals surface area contributed by atoms with Crippen molar-refractivity contribution in [2.24, 2.45) is 0 Å². The summed E-state index contributed by atoms with van der Waals surface area (Å²) >= 11 is 1.62. The van der Waals surface area contributed by atoms with Gasteiger partial charge in [-0.05, 0) is 37.6 Å². The number of likely N-dealkylation sites (N-methyl/N-ethyl adjacent to an activating group) is 1. The average molecular weight is 391 g/mol. The van der Waals surface area contributed by atoms with E-state index in [4.69, 9.17) is 9.47 Å². The minimum Gasteiger partial charge on any atom is -0.439 e. The molecule has 1 aromatic heterocycles. The molecule has 2 amide bonds. The Morgan fingerprint density at radius 3 is 2.81 bits per heavy atom. The number of piperidine rings is 1. The molecule has 0 aliphatic carbocycles. The van der Waals surface area contributed by atoms with Gasteiger partial charge in [-0.25, -0.2) is 4.79 Å². The van der Waals surface area contributed by atoms with Gasteiger partial charge in [0.15, 0.2) is 5.60 Å². The number of hydrogen-bond donors (Lipinski definition) is 1. The van der Waals surface area contributed by atoms with Crippen LogP contribution in [0.15, 0.2) is 6.07 Å². The third-order valence-electron chi connectivity index (χ3n) is 6.37. The molecule has 7 nitrogen and oxygen atoms in total. The molecule has 1 atom stereocenters. The van der Waals surface area contributed by atoms with Crippen molar-refractivity contribution in [3.8, 4) is 0 Å². The first-order valence-electron chi connectivity index (χ1n) is 9.72. The summed E-state index contributed by atoms with van der Waals surface area (Å²) in [6.07, 6.45) is 3.22. The first-order valence-corrected chi connectivity index (χ1v) is 10.5. The van der Waals surface area contributed by atoms with E-state index in [1.807, 2.05) is 4.90 Å². The van der Waals surface area contributed by atoms with Gasteiger partial charge in [0.1, 0.15) is 0 Å². The lowest BCUT2D eigenvalue weighted by Crippen LogP contribution is -2.44. The lowest BCUT2D eigenvalue weighted by atomic mass is 9.83. The van der Waals surface area contributed by atoms with E-state index in [1.165, 1.54) is 10.4 Å². The average Bonchev–Trinajstić information content (AvgIpc) is 3.34. The van der Waals surface area contributed by atoms with E-state index in [0.29, 0.717) is 26.1 Å². The molecule has 0 aromatic carbocycles. The number of ether oxygens (including phenoxy) is 2. The standard InChI is InChI=1S/C19H25N3O4S/c1-21-11-18(26-17(21)24)5-8-22(12-18)16(23)15-10-13-14(27-15)2-9-25-19(13)3-6-20-7-4-19/h10,20H,2-9,11-12H2,1H3. The number of fused-ring (bicyclic) bond motifs is 2. The second-order valence-corrected chi connectivity index (χ2v) is 9.31. The third-order valence-corrected chi connectivity index (χ3v) is 7.56. The summed E-state index contributed by atoms with van der Waals surface area (Å²) in [5, 5.41) is 3.40. The van der Waals surface area contributed by atoms with Crippen molar-refractivity contribution in [3.63, 3.8) is 0 Å². The largest absolute Gasteiger partial charge is 0.439 e. The maximum atomic E-state index is 13.2. The summed E-state index contributed by atoms with van der Waals surface area (Å²) in [6, 6.07) is 2.07. The number of carbonyl (C=O) groups excluding carboxylic acids is 2. The van der Waals surface area contributed by atoms with E-state index >= 15 is 0 Å². The van der Waals surface area contributed by atoms with Crippen molar-refractivity contribution >= 4 is 23.3 Å². The number of likely N-dealkylation sites (tertiary alicyclic amines) is 1. The summed E-state index contributed by atoms with van der Waals surface area (Å²) in [4.78, 5) is 30.5. The van der Waals surface area contributed by atoms with Crippen LogP contribution in [-0.2, 0) is 21.5 Å². The molecule has 4 aliphatic heterocycles. The first kappa shape index (κ1) is 17.5. The number of carbonyl (C=O) groups is 2. The van der Waals surface area contributed by atoms with Crippen molar-refractivity contribution in [3.05, 3.63) is 21.4 Å². The Balaban J connectivity index is 1.37. The lowest BCUT2D eigenvalue weighted by molar-refractivity contribution is -0.0792. The summed E-state index contributed by atoms with van der Waals surface area (Å²) in [7, 11) is 1.74. The summed E-state index contributed by atoms with van der Waals surface area (Å²) in [6.45, 7) is 4.30. The molecule has 27 heavy (non-hydrogen) atoms. The molecule has 5 rings (SSSR count). The Bertz CT molecular complexity index is 788. The van der Waals surface area contributed by atoms with Crippen molar-refractivity contribution in [2.75, 3.05) is 46.4 Å². The fraction of sp³-hybridized carbons (Fsp3) is 0.684. The van der Waals surface area contributed by atoms with Crippen LogP contribution in [0.1, 0.15) is 39.4 Å². The molecule has 0 bridgehead atoms. The predicted octanol–water partition coefficient (Wildman–Crippen LogP) is 1.57. The van der Waals surface area contributed by atoms with Crippen molar-refractivity contribution in [1.82, 2.24) is 15.1 Å². The molecule has 1 unspecified atom stereocenters. The Hall–Kier alpha value is -1.64. The van der Waals surface area contributed by atoms with Crippen LogP contribution in [0, 0.1) is 0 Å². The van der Waals surface area contributed by atoms with Gasteiger partial charge in [0.25, 0.3) is 5.91 Å². The van der Waals surface area contributed by atoms with Gasteiger partial charge in [-0.2, -0.15) is 0 Å². The highest BCUT2D eigenvalue weighted by molar-refractivity contribution is 7.14. The normalized spacial score (nSPS) is 29.4. The van der Waals surface area contributed by atoms with Crippen molar-refractivity contribution < 1.29 is 19.1 Å². The van der Waals surface area contributed by atoms with Gasteiger partial charge in [0.05, 0.1) is 30.2 Å². The van der Waals surface area contributed by atoms with Crippen LogP contribution in [0.5, 0.6) is 0 Å². The highest BCUT2D eigenvalue weighted by Gasteiger charge is 2.50. The van der Waals surface area contributed by atoms with E-state index < -0.39 is 5.60 Å². The molecule has 2 spiro atoms. The zero-order valence-corrected chi connectivity index (χ0v) is 16.4. The van der Waals surface area contributed by atoms with Crippen LogP contribution >= 0.6 is 11.3 Å². The van der Waals surface area contributed by atoms with Gasteiger partial charge in [-0.15, -0.1) is 11.3 Å². The fourth-order valence-corrected chi connectivity index (χ4v) is 6.14. The Morgan fingerprint density at radius 2 is 2.07 bits per heavy atom. The number of rotatable bonds is 1. The highest BCUT2D eigenvalue weighted by Crippen LogP contribution is 2.44. The van der Waals surface area contributed by atoms with E-state index in [2.05, 4.69) is 11.4 Å². The molecule has 3 fully saturated rings. The summed E-state index contributed by atoms with van der Waals surface area (Å²) in [5.41, 5.74) is 0.478. The van der Waals surface area contributed by atoms with E-state index in [1.54, 1.807) is 23.3 Å². The minimum absolute atomic E-state index is 0.0564. The molecule has 8 heteroatoms. The lowest BCUT2D eigenvalue weighted by Gasteiger charge is -2.40. The van der Waals surface area contributed by atoms with Gasteiger partial charge < -0.3 is 24.6 Å². The molecule has 5 heterocycles. The van der Waals surface area contributed by atoms with Crippen molar-refractivity contribution in [1.29, 1.82) is 0 Å². The van der Waals surface area contributed by atoms with Crippen LogP contribution in [0.25, 0.3) is 0 Å². The van der Waals surface area contributed by atoms with E-state index in [-0.39, 0.29) is 17.6 Å². The zero-order valence-electron chi connectivity index (χ0n) is 15.6. The Labute approximate surface area is 162 Å². The van der Waals surface area contributed by atoms with Crippen LogP contribution < -0.4 is 5.32 Å². The second-order valence-electron chi connectivity index (χ2n) is 8.17. The van der Waals surface area contributed by atoms with E-state index in [9.17, 15) is 9.59 Å². The van der Waals surface area contributed by atoms with Gasteiger partial charge >= 0.3 is 6.09 Å². The summed E-state index contributed by atoms with van der Waals surface area (Å²) in [5.74, 6) is 0.0564. The zero-order chi connectivity index (χ0) is 18.6. The number of hydrogen-bond acceptors (Lipinski definition) is 6. The van der Waals surface area contributed by atoms with Gasteiger partial charge in [-0.3, -0.25) is 4.79 Å². The molecule has 1 N–H and O–H groups in total. The van der Waals surface area contributed by atoms with Crippen LogP contribution in [0.4, 0.5) is 4.79 Å².